The molecule has 2 N–H and O–H groups in total. The number of ether oxygens (including phenoxy) is 1. The van der Waals surface area contributed by atoms with Gasteiger partial charge in [-0.25, -0.2) is 18.2 Å². The van der Waals surface area contributed by atoms with Gasteiger partial charge in [0.05, 0.1) is 18.3 Å². The summed E-state index contributed by atoms with van der Waals surface area (Å²) in [5, 5.41) is 8.94. The molecular weight excluding hydrogens is 384 g/mol. The standard InChI is InChI=1S/C11H9BrN2O5S2/c1-19-6-2-3-7(12)8(4-6)14-21(17,18)11-9(10(15)16)13-5-20-11/h2-5,14H,1H3,(H,15,16). The second-order valence-corrected chi connectivity index (χ2v) is 7.33. The van der Waals surface area contributed by atoms with E-state index in [1.807, 2.05) is 0 Å². The monoisotopic (exact) mass is 392 g/mol. The summed E-state index contributed by atoms with van der Waals surface area (Å²) >= 11 is 3.94. The molecule has 0 aliphatic carbocycles. The van der Waals surface area contributed by atoms with Crippen LogP contribution in [-0.4, -0.2) is 31.6 Å². The van der Waals surface area contributed by atoms with Crippen LogP contribution in [0.1, 0.15) is 10.5 Å². The zero-order valence-electron chi connectivity index (χ0n) is 10.5. The highest BCUT2D eigenvalue weighted by Gasteiger charge is 2.26. The topological polar surface area (TPSA) is 106 Å². The number of aromatic carboxylic acids is 1. The fourth-order valence-electron chi connectivity index (χ4n) is 1.47. The predicted molar refractivity (Wildman–Crippen MR) is 80.6 cm³/mol. The number of hydrogen-bond donors (Lipinski definition) is 2. The first kappa shape index (κ1) is 15.7. The number of thiazole rings is 1. The fourth-order valence-corrected chi connectivity index (χ4v) is 4.16. The third kappa shape index (κ3) is 3.34. The normalized spacial score (nSPS) is 11.1. The Hall–Kier alpha value is -1.65. The van der Waals surface area contributed by atoms with Gasteiger partial charge in [-0.1, -0.05) is 0 Å². The lowest BCUT2D eigenvalue weighted by Gasteiger charge is -2.10. The Labute approximate surface area is 132 Å². The SMILES string of the molecule is COc1ccc(Br)c(NS(=O)(=O)c2scnc2C(=O)O)c1. The maximum absolute atomic E-state index is 12.3. The van der Waals surface area contributed by atoms with Gasteiger partial charge in [0.25, 0.3) is 10.0 Å². The summed E-state index contributed by atoms with van der Waals surface area (Å²) in [6, 6.07) is 4.74. The van der Waals surface area contributed by atoms with Gasteiger partial charge in [-0.15, -0.1) is 11.3 Å². The zero-order chi connectivity index (χ0) is 15.6. The lowest BCUT2D eigenvalue weighted by Crippen LogP contribution is -2.15. The molecule has 0 amide bonds. The van der Waals surface area contributed by atoms with Crippen LogP contribution in [0.3, 0.4) is 0 Å². The van der Waals surface area contributed by atoms with Gasteiger partial charge in [-0.05, 0) is 28.1 Å². The Morgan fingerprint density at radius 2 is 2.19 bits per heavy atom. The van der Waals surface area contributed by atoms with Crippen molar-refractivity contribution in [2.45, 2.75) is 4.21 Å². The van der Waals surface area contributed by atoms with Crippen molar-refractivity contribution in [3.05, 3.63) is 33.9 Å². The zero-order valence-corrected chi connectivity index (χ0v) is 13.8. The lowest BCUT2D eigenvalue weighted by atomic mass is 10.3. The number of methoxy groups -OCH3 is 1. The summed E-state index contributed by atoms with van der Waals surface area (Å²) in [7, 11) is -2.60. The average molecular weight is 393 g/mol. The molecule has 1 heterocycles. The predicted octanol–water partition coefficient (Wildman–Crippen LogP) is 2.41. The van der Waals surface area contributed by atoms with Crippen molar-refractivity contribution in [2.75, 3.05) is 11.8 Å². The van der Waals surface area contributed by atoms with Gasteiger partial charge >= 0.3 is 5.97 Å². The Balaban J connectivity index is 2.42. The number of aromatic nitrogens is 1. The molecule has 0 aliphatic rings. The van der Waals surface area contributed by atoms with Crippen molar-refractivity contribution in [1.82, 2.24) is 4.98 Å². The van der Waals surface area contributed by atoms with Gasteiger partial charge in [0.2, 0.25) is 0 Å². The molecule has 0 bridgehead atoms. The first-order chi connectivity index (χ1) is 9.85. The largest absolute Gasteiger partial charge is 0.497 e. The molecule has 1 aromatic heterocycles. The Morgan fingerprint density at radius 1 is 1.48 bits per heavy atom. The van der Waals surface area contributed by atoms with Gasteiger partial charge in [0.1, 0.15) is 5.75 Å². The molecular formula is C11H9BrN2O5S2. The van der Waals surface area contributed by atoms with E-state index in [9.17, 15) is 13.2 Å². The Kier molecular flexibility index (Phi) is 4.49. The van der Waals surface area contributed by atoms with E-state index < -0.39 is 21.7 Å². The number of rotatable bonds is 5. The third-order valence-corrected chi connectivity index (χ3v) is 5.83. The molecule has 0 aliphatic heterocycles. The van der Waals surface area contributed by atoms with E-state index in [0.29, 0.717) is 10.2 Å². The summed E-state index contributed by atoms with van der Waals surface area (Å²) in [4.78, 5) is 14.5. The van der Waals surface area contributed by atoms with Crippen LogP contribution < -0.4 is 9.46 Å². The Bertz CT molecular complexity index is 788. The lowest BCUT2D eigenvalue weighted by molar-refractivity contribution is 0.0687. The summed E-state index contributed by atoms with van der Waals surface area (Å²) in [5.41, 5.74) is 0.893. The van der Waals surface area contributed by atoms with E-state index in [1.54, 1.807) is 12.1 Å². The number of nitrogens with one attached hydrogen (secondary N) is 1. The maximum Gasteiger partial charge on any atom is 0.356 e. The molecule has 10 heteroatoms. The molecule has 2 rings (SSSR count). The summed E-state index contributed by atoms with van der Waals surface area (Å²) < 4.78 is 32.0. The van der Waals surface area contributed by atoms with Crippen LogP contribution in [0.4, 0.5) is 5.69 Å². The van der Waals surface area contributed by atoms with Crippen LogP contribution in [0, 0.1) is 0 Å². The van der Waals surface area contributed by atoms with E-state index in [1.165, 1.54) is 18.7 Å². The molecule has 0 spiro atoms. The van der Waals surface area contributed by atoms with Crippen molar-refractivity contribution in [1.29, 1.82) is 0 Å². The minimum absolute atomic E-state index is 0.235. The smallest absolute Gasteiger partial charge is 0.356 e. The molecule has 1 aromatic carbocycles. The highest BCUT2D eigenvalue weighted by atomic mass is 79.9. The quantitative estimate of drug-likeness (QED) is 0.808. The van der Waals surface area contributed by atoms with Gasteiger partial charge in [-0.2, -0.15) is 0 Å². The molecule has 0 unspecified atom stereocenters. The van der Waals surface area contributed by atoms with Gasteiger partial charge in [-0.3, -0.25) is 4.72 Å². The van der Waals surface area contributed by atoms with Crippen LogP contribution in [-0.2, 0) is 10.0 Å². The van der Waals surface area contributed by atoms with Crippen LogP contribution in [0.2, 0.25) is 0 Å². The molecule has 0 saturated heterocycles. The van der Waals surface area contributed by atoms with Crippen molar-refractivity contribution < 1.29 is 23.1 Å². The molecule has 0 fully saturated rings. The number of anilines is 1. The average Bonchev–Trinajstić information content (AvgIpc) is 2.91. The molecule has 0 radical (unpaired) electrons. The van der Waals surface area contributed by atoms with Crippen molar-refractivity contribution in [3.63, 3.8) is 0 Å². The number of sulfonamides is 1. The van der Waals surface area contributed by atoms with Crippen molar-refractivity contribution in [2.24, 2.45) is 0 Å². The molecule has 7 nitrogen and oxygen atoms in total. The second-order valence-electron chi connectivity index (χ2n) is 3.74. The van der Waals surface area contributed by atoms with Crippen LogP contribution in [0.25, 0.3) is 0 Å². The van der Waals surface area contributed by atoms with Crippen LogP contribution in [0.5, 0.6) is 5.75 Å². The van der Waals surface area contributed by atoms with Crippen LogP contribution >= 0.6 is 27.3 Å². The number of halogens is 1. The number of hydrogen-bond acceptors (Lipinski definition) is 6. The highest BCUT2D eigenvalue weighted by molar-refractivity contribution is 9.10. The molecule has 21 heavy (non-hydrogen) atoms. The van der Waals surface area contributed by atoms with E-state index in [-0.39, 0.29) is 9.90 Å². The van der Waals surface area contributed by atoms with Crippen molar-refractivity contribution in [3.8, 4) is 5.75 Å². The minimum atomic E-state index is -4.05. The summed E-state index contributed by atoms with van der Waals surface area (Å²) in [5.74, 6) is -0.944. The summed E-state index contributed by atoms with van der Waals surface area (Å²) in [6.07, 6.45) is 0. The molecule has 2 aromatic rings. The Morgan fingerprint density at radius 3 is 2.81 bits per heavy atom. The first-order valence-electron chi connectivity index (χ1n) is 5.38. The van der Waals surface area contributed by atoms with Gasteiger partial charge in [0, 0.05) is 10.5 Å². The highest BCUT2D eigenvalue weighted by Crippen LogP contribution is 2.30. The van der Waals surface area contributed by atoms with E-state index in [0.717, 1.165) is 11.3 Å². The minimum Gasteiger partial charge on any atom is -0.497 e. The molecule has 0 atom stereocenters. The number of carboxylic acids is 1. The molecule has 112 valence electrons. The second kappa shape index (κ2) is 6.00. The van der Waals surface area contributed by atoms with Crippen LogP contribution in [0.15, 0.2) is 32.4 Å². The number of carbonyl (C=O) groups is 1. The fraction of sp³-hybridized carbons (Fsp3) is 0.0909. The van der Waals surface area contributed by atoms with E-state index in [4.69, 9.17) is 9.84 Å². The number of benzene rings is 1. The number of nitrogens with zero attached hydrogens (tertiary/aromatic N) is 1. The van der Waals surface area contributed by atoms with Gasteiger partial charge in [0.15, 0.2) is 9.90 Å². The van der Waals surface area contributed by atoms with Gasteiger partial charge < -0.3 is 9.84 Å². The first-order valence-corrected chi connectivity index (χ1v) is 8.54. The third-order valence-electron chi connectivity index (χ3n) is 2.40. The molecule has 0 saturated carbocycles. The number of carboxylic acid groups (broad SMARTS) is 1. The maximum atomic E-state index is 12.3. The summed E-state index contributed by atoms with van der Waals surface area (Å²) in [6.45, 7) is 0. The van der Waals surface area contributed by atoms with E-state index >= 15 is 0 Å². The van der Waals surface area contributed by atoms with Crippen molar-refractivity contribution >= 4 is 48.9 Å². The van der Waals surface area contributed by atoms with E-state index in [2.05, 4.69) is 25.6 Å².